The molecule has 1 aliphatic heterocycles. The second kappa shape index (κ2) is 6.00. The topological polar surface area (TPSA) is 38.8 Å². The van der Waals surface area contributed by atoms with E-state index < -0.39 is 24.2 Å². The molecule has 0 aromatic carbocycles. The molecule has 1 atom stereocenters. The third-order valence-corrected chi connectivity index (χ3v) is 2.54. The molecule has 0 amide bonds. The van der Waals surface area contributed by atoms with E-state index >= 15 is 0 Å². The molecule has 0 bridgehead atoms. The molecule has 0 N–H and O–H groups in total. The van der Waals surface area contributed by atoms with Crippen molar-refractivity contribution in [2.24, 2.45) is 0 Å². The Hall–Kier alpha value is -0.960. The van der Waals surface area contributed by atoms with E-state index in [2.05, 4.69) is 4.74 Å². The fourth-order valence-corrected chi connectivity index (χ4v) is 1.56. The average molecular weight is 291 g/mol. The fraction of sp³-hybridized carbons (Fsp3) is 0.900. The van der Waals surface area contributed by atoms with Gasteiger partial charge in [0.25, 0.3) is 0 Å². The van der Waals surface area contributed by atoms with E-state index in [0.29, 0.717) is 26.3 Å². The van der Waals surface area contributed by atoms with Crippen molar-refractivity contribution >= 4 is 5.97 Å². The van der Waals surface area contributed by atoms with Gasteiger partial charge in [0.2, 0.25) is 0 Å². The number of carbonyl (C=O) groups is 1. The van der Waals surface area contributed by atoms with E-state index in [-0.39, 0.29) is 6.54 Å². The molecule has 19 heavy (non-hydrogen) atoms. The number of hydrogen-bond acceptors (Lipinski definition) is 4. The summed E-state index contributed by atoms with van der Waals surface area (Å²) in [5, 5.41) is 0. The van der Waals surface area contributed by atoms with Gasteiger partial charge in [-0.25, -0.2) is 4.79 Å². The Labute approximate surface area is 106 Å². The van der Waals surface area contributed by atoms with Gasteiger partial charge in [0, 0.05) is 19.6 Å². The molecule has 0 saturated carbocycles. The van der Waals surface area contributed by atoms with Crippen LogP contribution in [0.15, 0.2) is 0 Å². The molecule has 0 aromatic heterocycles. The molecule has 112 valence electrons. The van der Waals surface area contributed by atoms with Crippen LogP contribution in [-0.2, 0) is 14.3 Å². The molecule has 0 spiro atoms. The second-order valence-electron chi connectivity index (χ2n) is 4.20. The lowest BCUT2D eigenvalue weighted by atomic mass is 10.3. The monoisotopic (exact) mass is 291 g/mol. The minimum absolute atomic E-state index is 0.0863. The summed E-state index contributed by atoms with van der Waals surface area (Å²) in [6.45, 7) is 3.26. The standard InChI is InChI=1S/C10H14F5NO3/c1-7(6-16-2-4-18-5-3-16)19-8(17)9(11,12)10(13,14)15/h7H,2-6H2,1H3. The van der Waals surface area contributed by atoms with Crippen LogP contribution in [0.5, 0.6) is 0 Å². The van der Waals surface area contributed by atoms with E-state index in [1.54, 1.807) is 4.90 Å². The van der Waals surface area contributed by atoms with E-state index in [0.717, 1.165) is 0 Å². The van der Waals surface area contributed by atoms with E-state index in [1.165, 1.54) is 6.92 Å². The maximum absolute atomic E-state index is 12.6. The minimum atomic E-state index is -5.94. The molecule has 1 heterocycles. The van der Waals surface area contributed by atoms with Gasteiger partial charge >= 0.3 is 18.1 Å². The Morgan fingerprint density at radius 2 is 1.79 bits per heavy atom. The molecule has 1 unspecified atom stereocenters. The van der Waals surface area contributed by atoms with Crippen LogP contribution >= 0.6 is 0 Å². The summed E-state index contributed by atoms with van der Waals surface area (Å²) in [5.74, 6) is -8.05. The zero-order valence-corrected chi connectivity index (χ0v) is 10.2. The first kappa shape index (κ1) is 16.1. The number of carbonyl (C=O) groups excluding carboxylic acids is 1. The van der Waals surface area contributed by atoms with Crippen LogP contribution in [0.25, 0.3) is 0 Å². The Bertz CT molecular complexity index is 315. The maximum atomic E-state index is 12.6. The van der Waals surface area contributed by atoms with Gasteiger partial charge in [0.05, 0.1) is 13.2 Å². The highest BCUT2D eigenvalue weighted by Gasteiger charge is 2.65. The quantitative estimate of drug-likeness (QED) is 0.580. The maximum Gasteiger partial charge on any atom is 0.465 e. The lowest BCUT2D eigenvalue weighted by Crippen LogP contribution is -2.48. The highest BCUT2D eigenvalue weighted by atomic mass is 19.4. The predicted octanol–water partition coefficient (Wildman–Crippen LogP) is 1.45. The first-order valence-electron chi connectivity index (χ1n) is 5.60. The minimum Gasteiger partial charge on any atom is -0.457 e. The van der Waals surface area contributed by atoms with Crippen LogP contribution in [0.2, 0.25) is 0 Å². The number of nitrogens with zero attached hydrogens (tertiary/aromatic N) is 1. The van der Waals surface area contributed by atoms with Crippen molar-refractivity contribution in [3.8, 4) is 0 Å². The molecule has 0 radical (unpaired) electrons. The number of alkyl halides is 5. The molecular formula is C10H14F5NO3. The van der Waals surface area contributed by atoms with Gasteiger partial charge < -0.3 is 9.47 Å². The number of halogens is 5. The van der Waals surface area contributed by atoms with E-state index in [4.69, 9.17) is 4.74 Å². The number of rotatable bonds is 4. The third kappa shape index (κ3) is 4.27. The van der Waals surface area contributed by atoms with E-state index in [9.17, 15) is 26.7 Å². The Balaban J connectivity index is 2.47. The van der Waals surface area contributed by atoms with Crippen molar-refractivity contribution in [2.45, 2.75) is 25.1 Å². The van der Waals surface area contributed by atoms with Gasteiger partial charge in [0.15, 0.2) is 0 Å². The van der Waals surface area contributed by atoms with Crippen LogP contribution in [0, 0.1) is 0 Å². The summed E-state index contributed by atoms with van der Waals surface area (Å²) in [5.41, 5.74) is 0. The normalized spacial score (nSPS) is 20.1. The summed E-state index contributed by atoms with van der Waals surface area (Å²) in [6, 6.07) is 0. The highest BCUT2D eigenvalue weighted by Crippen LogP contribution is 2.36. The highest BCUT2D eigenvalue weighted by molar-refractivity contribution is 5.78. The van der Waals surface area contributed by atoms with Gasteiger partial charge in [0.1, 0.15) is 6.10 Å². The summed E-state index contributed by atoms with van der Waals surface area (Å²) in [7, 11) is 0. The van der Waals surface area contributed by atoms with E-state index in [1.807, 2.05) is 0 Å². The zero-order chi connectivity index (χ0) is 14.7. The predicted molar refractivity (Wildman–Crippen MR) is 53.8 cm³/mol. The average Bonchev–Trinajstić information content (AvgIpc) is 2.28. The van der Waals surface area contributed by atoms with Crippen molar-refractivity contribution in [3.05, 3.63) is 0 Å². The molecule has 0 aromatic rings. The SMILES string of the molecule is CC(CN1CCOCC1)OC(=O)C(F)(F)C(F)(F)F. The number of morpholine rings is 1. The Morgan fingerprint density at radius 3 is 2.26 bits per heavy atom. The molecule has 4 nitrogen and oxygen atoms in total. The van der Waals surface area contributed by atoms with Gasteiger partial charge in [-0.05, 0) is 6.92 Å². The number of hydrogen-bond donors (Lipinski definition) is 0. The first-order valence-corrected chi connectivity index (χ1v) is 5.60. The summed E-state index contributed by atoms with van der Waals surface area (Å²) in [6.07, 6.45) is -7.00. The second-order valence-corrected chi connectivity index (χ2v) is 4.20. The lowest BCUT2D eigenvalue weighted by Gasteiger charge is -2.29. The summed E-state index contributed by atoms with van der Waals surface area (Å²) in [4.78, 5) is 12.6. The Morgan fingerprint density at radius 1 is 1.26 bits per heavy atom. The molecular weight excluding hydrogens is 277 g/mol. The largest absolute Gasteiger partial charge is 0.465 e. The third-order valence-electron chi connectivity index (χ3n) is 2.54. The van der Waals surface area contributed by atoms with Crippen molar-refractivity contribution < 1.29 is 36.2 Å². The van der Waals surface area contributed by atoms with Crippen LogP contribution in [0.3, 0.4) is 0 Å². The van der Waals surface area contributed by atoms with Crippen molar-refractivity contribution in [3.63, 3.8) is 0 Å². The summed E-state index contributed by atoms with van der Waals surface area (Å²) < 4.78 is 70.2. The van der Waals surface area contributed by atoms with Crippen LogP contribution in [0.1, 0.15) is 6.92 Å². The van der Waals surface area contributed by atoms with Crippen LogP contribution in [-0.4, -0.2) is 61.9 Å². The number of ether oxygens (including phenoxy) is 2. The lowest BCUT2D eigenvalue weighted by molar-refractivity contribution is -0.282. The van der Waals surface area contributed by atoms with Crippen molar-refractivity contribution in [1.82, 2.24) is 4.90 Å². The molecule has 9 heteroatoms. The van der Waals surface area contributed by atoms with Gasteiger partial charge in [-0.3, -0.25) is 4.90 Å². The molecule has 1 aliphatic rings. The first-order chi connectivity index (χ1) is 8.64. The molecule has 0 aliphatic carbocycles. The van der Waals surface area contributed by atoms with Gasteiger partial charge in [-0.2, -0.15) is 22.0 Å². The van der Waals surface area contributed by atoms with Gasteiger partial charge in [-0.15, -0.1) is 0 Å². The smallest absolute Gasteiger partial charge is 0.457 e. The molecule has 1 fully saturated rings. The van der Waals surface area contributed by atoms with Crippen molar-refractivity contribution in [2.75, 3.05) is 32.8 Å². The van der Waals surface area contributed by atoms with Crippen LogP contribution in [0.4, 0.5) is 22.0 Å². The van der Waals surface area contributed by atoms with Crippen LogP contribution < -0.4 is 0 Å². The number of esters is 1. The summed E-state index contributed by atoms with van der Waals surface area (Å²) >= 11 is 0. The van der Waals surface area contributed by atoms with Crippen molar-refractivity contribution in [1.29, 1.82) is 0 Å². The molecule has 1 rings (SSSR count). The fourth-order valence-electron chi connectivity index (χ4n) is 1.56. The Kier molecular flexibility index (Phi) is 5.08. The zero-order valence-electron chi connectivity index (χ0n) is 10.2. The molecule has 1 saturated heterocycles. The van der Waals surface area contributed by atoms with Gasteiger partial charge in [-0.1, -0.05) is 0 Å².